The first kappa shape index (κ1) is 11.0. The van der Waals surface area contributed by atoms with E-state index in [0.717, 1.165) is 6.54 Å². The second kappa shape index (κ2) is 3.58. The van der Waals surface area contributed by atoms with E-state index in [1.54, 1.807) is 0 Å². The molecular weight excluding hydrogens is 160 g/mol. The first-order valence-corrected chi connectivity index (χ1v) is 5.35. The molecule has 0 saturated carbocycles. The van der Waals surface area contributed by atoms with Crippen molar-refractivity contribution in [1.82, 2.24) is 4.90 Å². The summed E-state index contributed by atoms with van der Waals surface area (Å²) in [6.45, 7) is 11.1. The highest BCUT2D eigenvalue weighted by atomic mass is 15.2. The fraction of sp³-hybridized carbons (Fsp3) is 1.00. The molecule has 0 radical (unpaired) electrons. The zero-order valence-electron chi connectivity index (χ0n) is 9.56. The Morgan fingerprint density at radius 3 is 2.38 bits per heavy atom. The van der Waals surface area contributed by atoms with Gasteiger partial charge in [-0.15, -0.1) is 0 Å². The van der Waals surface area contributed by atoms with Crippen molar-refractivity contribution in [3.05, 3.63) is 0 Å². The van der Waals surface area contributed by atoms with Crippen molar-refractivity contribution in [3.63, 3.8) is 0 Å². The van der Waals surface area contributed by atoms with Crippen LogP contribution in [0.1, 0.15) is 47.0 Å². The molecule has 1 aliphatic rings. The van der Waals surface area contributed by atoms with Crippen molar-refractivity contribution < 1.29 is 0 Å². The summed E-state index contributed by atoms with van der Waals surface area (Å²) in [6.07, 6.45) is 4.01. The van der Waals surface area contributed by atoms with Gasteiger partial charge in [-0.3, -0.25) is 4.90 Å². The van der Waals surface area contributed by atoms with Gasteiger partial charge in [-0.2, -0.15) is 0 Å². The Hall–Kier alpha value is -0.0800. The highest BCUT2D eigenvalue weighted by Gasteiger charge is 2.31. The van der Waals surface area contributed by atoms with Crippen LogP contribution in [0.15, 0.2) is 0 Å². The number of hydrogen-bond acceptors (Lipinski definition) is 2. The van der Waals surface area contributed by atoms with Crippen LogP contribution in [-0.2, 0) is 0 Å². The fourth-order valence-corrected chi connectivity index (χ4v) is 2.11. The van der Waals surface area contributed by atoms with Crippen molar-refractivity contribution in [2.24, 2.45) is 5.73 Å². The lowest BCUT2D eigenvalue weighted by Gasteiger charge is -2.45. The molecule has 1 rings (SSSR count). The summed E-state index contributed by atoms with van der Waals surface area (Å²) in [4.78, 5) is 2.54. The van der Waals surface area contributed by atoms with Crippen molar-refractivity contribution in [3.8, 4) is 0 Å². The minimum absolute atomic E-state index is 0.0609. The van der Waals surface area contributed by atoms with E-state index in [1.165, 1.54) is 25.8 Å². The zero-order chi connectivity index (χ0) is 10.1. The lowest BCUT2D eigenvalue weighted by molar-refractivity contribution is 0.0590. The van der Waals surface area contributed by atoms with Gasteiger partial charge in [0.2, 0.25) is 0 Å². The van der Waals surface area contributed by atoms with Crippen LogP contribution in [0.4, 0.5) is 0 Å². The molecular formula is C11H24N2. The SMILES string of the molecule is CC(C)(N)CN1CCCCC1(C)C. The van der Waals surface area contributed by atoms with E-state index in [4.69, 9.17) is 5.73 Å². The first-order valence-electron chi connectivity index (χ1n) is 5.35. The molecule has 2 heteroatoms. The van der Waals surface area contributed by atoms with Crippen LogP contribution in [-0.4, -0.2) is 29.1 Å². The summed E-state index contributed by atoms with van der Waals surface area (Å²) >= 11 is 0. The molecule has 0 spiro atoms. The molecule has 1 saturated heterocycles. The largest absolute Gasteiger partial charge is 0.324 e. The summed E-state index contributed by atoms with van der Waals surface area (Å²) < 4.78 is 0. The lowest BCUT2D eigenvalue weighted by Crippen LogP contribution is -2.55. The normalized spacial score (nSPS) is 24.7. The van der Waals surface area contributed by atoms with Crippen LogP contribution >= 0.6 is 0 Å². The smallest absolute Gasteiger partial charge is 0.0226 e. The van der Waals surface area contributed by atoms with Gasteiger partial charge in [0.15, 0.2) is 0 Å². The second-order valence-corrected chi connectivity index (χ2v) is 5.68. The van der Waals surface area contributed by atoms with Gasteiger partial charge in [-0.05, 0) is 47.1 Å². The second-order valence-electron chi connectivity index (χ2n) is 5.68. The van der Waals surface area contributed by atoms with E-state index in [1.807, 2.05) is 0 Å². The van der Waals surface area contributed by atoms with Gasteiger partial charge >= 0.3 is 0 Å². The summed E-state index contributed by atoms with van der Waals surface area (Å²) in [6, 6.07) is 0. The molecule has 0 unspecified atom stereocenters. The van der Waals surface area contributed by atoms with E-state index in [-0.39, 0.29) is 5.54 Å². The van der Waals surface area contributed by atoms with Crippen LogP contribution in [0.3, 0.4) is 0 Å². The number of likely N-dealkylation sites (tertiary alicyclic amines) is 1. The predicted octanol–water partition coefficient (Wildman–Crippen LogP) is 1.99. The molecule has 0 amide bonds. The quantitative estimate of drug-likeness (QED) is 0.711. The number of rotatable bonds is 2. The summed E-state index contributed by atoms with van der Waals surface area (Å²) in [5.74, 6) is 0. The van der Waals surface area contributed by atoms with Crippen molar-refractivity contribution >= 4 is 0 Å². The molecule has 1 fully saturated rings. The van der Waals surface area contributed by atoms with Gasteiger partial charge in [0.1, 0.15) is 0 Å². The topological polar surface area (TPSA) is 29.3 Å². The Bertz CT molecular complexity index is 167. The lowest BCUT2D eigenvalue weighted by atomic mass is 9.89. The highest BCUT2D eigenvalue weighted by Crippen LogP contribution is 2.27. The maximum atomic E-state index is 6.05. The van der Waals surface area contributed by atoms with Crippen LogP contribution in [0.25, 0.3) is 0 Å². The molecule has 0 aromatic rings. The summed E-state index contributed by atoms with van der Waals surface area (Å²) in [5.41, 5.74) is 6.34. The van der Waals surface area contributed by atoms with Crippen LogP contribution in [0.2, 0.25) is 0 Å². The van der Waals surface area contributed by atoms with E-state index in [2.05, 4.69) is 32.6 Å². The Labute approximate surface area is 82.5 Å². The Balaban J connectivity index is 2.56. The third-order valence-corrected chi connectivity index (χ3v) is 2.92. The van der Waals surface area contributed by atoms with Crippen molar-refractivity contribution in [2.45, 2.75) is 58.0 Å². The van der Waals surface area contributed by atoms with Gasteiger partial charge in [0.05, 0.1) is 0 Å². The predicted molar refractivity (Wildman–Crippen MR) is 57.8 cm³/mol. The number of nitrogens with two attached hydrogens (primary N) is 1. The zero-order valence-corrected chi connectivity index (χ0v) is 9.56. The van der Waals surface area contributed by atoms with Crippen LogP contribution in [0, 0.1) is 0 Å². The van der Waals surface area contributed by atoms with Gasteiger partial charge in [0.25, 0.3) is 0 Å². The van der Waals surface area contributed by atoms with E-state index < -0.39 is 0 Å². The fourth-order valence-electron chi connectivity index (χ4n) is 2.11. The molecule has 2 N–H and O–H groups in total. The third kappa shape index (κ3) is 3.28. The Morgan fingerprint density at radius 1 is 1.31 bits per heavy atom. The van der Waals surface area contributed by atoms with Gasteiger partial charge in [-0.25, -0.2) is 0 Å². The summed E-state index contributed by atoms with van der Waals surface area (Å²) in [7, 11) is 0. The van der Waals surface area contributed by atoms with Gasteiger partial charge in [0, 0.05) is 17.6 Å². The average Bonchev–Trinajstić information content (AvgIpc) is 1.91. The molecule has 78 valence electrons. The molecule has 2 nitrogen and oxygen atoms in total. The minimum atomic E-state index is -0.0609. The standard InChI is InChI=1S/C11H24N2/c1-10(2,12)9-13-8-6-5-7-11(13,3)4/h5-9,12H2,1-4H3. The minimum Gasteiger partial charge on any atom is -0.324 e. The molecule has 0 aromatic carbocycles. The molecule has 13 heavy (non-hydrogen) atoms. The molecule has 1 aliphatic heterocycles. The highest BCUT2D eigenvalue weighted by molar-refractivity contribution is 4.89. The van der Waals surface area contributed by atoms with Crippen LogP contribution in [0.5, 0.6) is 0 Å². The number of nitrogens with zero attached hydrogens (tertiary/aromatic N) is 1. The molecule has 1 heterocycles. The molecule has 0 bridgehead atoms. The number of hydrogen-bond donors (Lipinski definition) is 1. The molecule has 0 aromatic heterocycles. The molecule has 0 aliphatic carbocycles. The van der Waals surface area contributed by atoms with Gasteiger partial charge in [-0.1, -0.05) is 6.42 Å². The Kier molecular flexibility index (Phi) is 3.03. The number of piperidine rings is 1. The van der Waals surface area contributed by atoms with E-state index in [9.17, 15) is 0 Å². The summed E-state index contributed by atoms with van der Waals surface area (Å²) in [5, 5.41) is 0. The van der Waals surface area contributed by atoms with Gasteiger partial charge < -0.3 is 5.73 Å². The molecule has 0 atom stereocenters. The van der Waals surface area contributed by atoms with Crippen molar-refractivity contribution in [2.75, 3.05) is 13.1 Å². The van der Waals surface area contributed by atoms with E-state index in [0.29, 0.717) is 5.54 Å². The van der Waals surface area contributed by atoms with Crippen LogP contribution < -0.4 is 5.73 Å². The monoisotopic (exact) mass is 184 g/mol. The van der Waals surface area contributed by atoms with Crippen molar-refractivity contribution in [1.29, 1.82) is 0 Å². The maximum absolute atomic E-state index is 6.05. The first-order chi connectivity index (χ1) is 5.81. The average molecular weight is 184 g/mol. The van der Waals surface area contributed by atoms with E-state index >= 15 is 0 Å². The third-order valence-electron chi connectivity index (χ3n) is 2.92. The Morgan fingerprint density at radius 2 is 1.92 bits per heavy atom. The maximum Gasteiger partial charge on any atom is 0.0226 e.